The maximum Gasteiger partial charge on any atom is 0.248 e. The largest absolute Gasteiger partial charge is 0.493 e. The maximum absolute atomic E-state index is 11.3. The second kappa shape index (κ2) is 9.25. The van der Waals surface area contributed by atoms with E-state index in [0.717, 1.165) is 16.5 Å². The smallest absolute Gasteiger partial charge is 0.248 e. The van der Waals surface area contributed by atoms with Crippen LogP contribution in [0.15, 0.2) is 53.3 Å². The fourth-order valence-corrected chi connectivity index (χ4v) is 2.85. The van der Waals surface area contributed by atoms with Crippen molar-refractivity contribution in [3.63, 3.8) is 0 Å². The van der Waals surface area contributed by atoms with Gasteiger partial charge in [0.15, 0.2) is 11.5 Å². The van der Waals surface area contributed by atoms with Gasteiger partial charge in [-0.3, -0.25) is 4.79 Å². The molecular formula is C21H24N2O5. The Bertz CT molecular complexity index is 986. The number of benzene rings is 2. The van der Waals surface area contributed by atoms with Gasteiger partial charge in [0, 0.05) is 30.1 Å². The lowest BCUT2D eigenvalue weighted by Crippen LogP contribution is -2.31. The Labute approximate surface area is 162 Å². The van der Waals surface area contributed by atoms with Crippen LogP contribution in [0.4, 0.5) is 0 Å². The van der Waals surface area contributed by atoms with E-state index in [2.05, 4.69) is 10.3 Å². The molecule has 0 amide bonds. The van der Waals surface area contributed by atoms with E-state index in [1.165, 1.54) is 6.07 Å². The SMILES string of the molecule is COc1ccc(CNC[C@H](O)COc2ccc3[nH]c(=O)ccc3c2)cc1OC. The molecule has 0 saturated heterocycles. The Morgan fingerprint density at radius 2 is 1.86 bits per heavy atom. The number of aromatic amines is 1. The van der Waals surface area contributed by atoms with Crippen LogP contribution in [0.3, 0.4) is 0 Å². The molecule has 7 nitrogen and oxygen atoms in total. The van der Waals surface area contributed by atoms with Gasteiger partial charge in [-0.15, -0.1) is 0 Å². The third-order valence-corrected chi connectivity index (χ3v) is 4.29. The number of aliphatic hydroxyl groups is 1. The normalized spacial score (nSPS) is 12.0. The zero-order valence-corrected chi connectivity index (χ0v) is 15.9. The predicted molar refractivity (Wildman–Crippen MR) is 107 cm³/mol. The minimum absolute atomic E-state index is 0.142. The summed E-state index contributed by atoms with van der Waals surface area (Å²) in [5.74, 6) is 1.99. The first-order valence-corrected chi connectivity index (χ1v) is 8.94. The summed E-state index contributed by atoms with van der Waals surface area (Å²) in [6.45, 7) is 1.13. The molecule has 1 aromatic heterocycles. The topological polar surface area (TPSA) is 92.8 Å². The quantitative estimate of drug-likeness (QED) is 0.523. The van der Waals surface area contributed by atoms with Crippen molar-refractivity contribution in [2.24, 2.45) is 0 Å². The number of aromatic nitrogens is 1. The third-order valence-electron chi connectivity index (χ3n) is 4.29. The van der Waals surface area contributed by atoms with Crippen LogP contribution in [0.2, 0.25) is 0 Å². The molecule has 1 atom stereocenters. The summed E-state index contributed by atoms with van der Waals surface area (Å²) in [5.41, 5.74) is 1.63. The van der Waals surface area contributed by atoms with Crippen molar-refractivity contribution in [1.29, 1.82) is 0 Å². The van der Waals surface area contributed by atoms with Gasteiger partial charge in [-0.25, -0.2) is 0 Å². The molecule has 148 valence electrons. The average Bonchev–Trinajstić information content (AvgIpc) is 2.72. The fourth-order valence-electron chi connectivity index (χ4n) is 2.85. The minimum Gasteiger partial charge on any atom is -0.493 e. The second-order valence-electron chi connectivity index (χ2n) is 6.36. The molecule has 28 heavy (non-hydrogen) atoms. The molecule has 3 aromatic rings. The van der Waals surface area contributed by atoms with Crippen molar-refractivity contribution >= 4 is 10.9 Å². The standard InChI is InChI=1S/C21H24N2O5/c1-26-19-7-3-14(9-20(19)27-2)11-22-12-16(24)13-28-17-5-6-18-15(10-17)4-8-21(25)23-18/h3-10,16,22,24H,11-13H2,1-2H3,(H,23,25)/t16-/m0/s1. The highest BCUT2D eigenvalue weighted by atomic mass is 16.5. The van der Waals surface area contributed by atoms with Crippen LogP contribution in [0.25, 0.3) is 10.9 Å². The van der Waals surface area contributed by atoms with E-state index in [4.69, 9.17) is 14.2 Å². The molecule has 0 spiro atoms. The summed E-state index contributed by atoms with van der Waals surface area (Å²) >= 11 is 0. The summed E-state index contributed by atoms with van der Waals surface area (Å²) in [4.78, 5) is 14.1. The molecule has 0 bridgehead atoms. The van der Waals surface area contributed by atoms with E-state index in [0.29, 0.717) is 30.3 Å². The number of H-pyrrole nitrogens is 1. The van der Waals surface area contributed by atoms with Gasteiger partial charge in [0.2, 0.25) is 5.56 Å². The minimum atomic E-state index is -0.661. The number of aliphatic hydroxyl groups excluding tert-OH is 1. The van der Waals surface area contributed by atoms with Gasteiger partial charge in [0.05, 0.1) is 14.2 Å². The number of methoxy groups -OCH3 is 2. The van der Waals surface area contributed by atoms with E-state index in [1.54, 1.807) is 32.4 Å². The fraction of sp³-hybridized carbons (Fsp3) is 0.286. The number of rotatable bonds is 9. The van der Waals surface area contributed by atoms with E-state index in [-0.39, 0.29) is 12.2 Å². The monoisotopic (exact) mass is 384 g/mol. The number of hydrogen-bond acceptors (Lipinski definition) is 6. The van der Waals surface area contributed by atoms with Gasteiger partial charge in [0.1, 0.15) is 18.5 Å². The molecule has 0 aliphatic heterocycles. The van der Waals surface area contributed by atoms with Crippen LogP contribution in [-0.4, -0.2) is 43.6 Å². The summed E-state index contributed by atoms with van der Waals surface area (Å²) < 4.78 is 16.2. The number of pyridine rings is 1. The van der Waals surface area contributed by atoms with Gasteiger partial charge in [0.25, 0.3) is 0 Å². The van der Waals surface area contributed by atoms with Gasteiger partial charge < -0.3 is 29.6 Å². The lowest BCUT2D eigenvalue weighted by Gasteiger charge is -2.14. The molecule has 2 aromatic carbocycles. The summed E-state index contributed by atoms with van der Waals surface area (Å²) in [7, 11) is 3.20. The molecule has 0 fully saturated rings. The molecule has 0 aliphatic rings. The molecule has 1 heterocycles. The Hall–Kier alpha value is -3.03. The second-order valence-corrected chi connectivity index (χ2v) is 6.36. The third kappa shape index (κ3) is 5.03. The van der Waals surface area contributed by atoms with Gasteiger partial charge in [-0.05, 0) is 42.0 Å². The van der Waals surface area contributed by atoms with Crippen LogP contribution in [-0.2, 0) is 6.54 Å². The highest BCUT2D eigenvalue weighted by molar-refractivity contribution is 5.79. The number of nitrogens with one attached hydrogen (secondary N) is 2. The highest BCUT2D eigenvalue weighted by Crippen LogP contribution is 2.27. The Morgan fingerprint density at radius 1 is 1.04 bits per heavy atom. The lowest BCUT2D eigenvalue weighted by molar-refractivity contribution is 0.106. The van der Waals surface area contributed by atoms with E-state index < -0.39 is 6.10 Å². The molecule has 0 unspecified atom stereocenters. The summed E-state index contributed by atoms with van der Waals surface area (Å²) in [6, 6.07) is 14.3. The van der Waals surface area contributed by atoms with Crippen molar-refractivity contribution in [3.8, 4) is 17.2 Å². The summed E-state index contributed by atoms with van der Waals surface area (Å²) in [5, 5.41) is 14.2. The van der Waals surface area contributed by atoms with Crippen LogP contribution in [0, 0.1) is 0 Å². The van der Waals surface area contributed by atoms with Gasteiger partial charge in [-0.1, -0.05) is 6.07 Å². The van der Waals surface area contributed by atoms with Crippen LogP contribution >= 0.6 is 0 Å². The summed E-state index contributed by atoms with van der Waals surface area (Å²) in [6.07, 6.45) is -0.661. The van der Waals surface area contributed by atoms with Crippen molar-refractivity contribution in [2.45, 2.75) is 12.6 Å². The van der Waals surface area contributed by atoms with Crippen LogP contribution in [0.5, 0.6) is 17.2 Å². The van der Waals surface area contributed by atoms with Gasteiger partial charge >= 0.3 is 0 Å². The molecule has 3 N–H and O–H groups in total. The Kier molecular flexibility index (Phi) is 6.52. The molecule has 0 radical (unpaired) electrons. The van der Waals surface area contributed by atoms with Gasteiger partial charge in [-0.2, -0.15) is 0 Å². The first kappa shape index (κ1) is 19.7. The lowest BCUT2D eigenvalue weighted by atomic mass is 10.2. The Morgan fingerprint density at radius 3 is 2.64 bits per heavy atom. The number of ether oxygens (including phenoxy) is 3. The van der Waals surface area contributed by atoms with Crippen molar-refractivity contribution in [3.05, 3.63) is 64.4 Å². The molecular weight excluding hydrogens is 360 g/mol. The number of hydrogen-bond donors (Lipinski definition) is 3. The van der Waals surface area contributed by atoms with Crippen LogP contribution < -0.4 is 25.1 Å². The van der Waals surface area contributed by atoms with Crippen LogP contribution in [0.1, 0.15) is 5.56 Å². The first-order chi connectivity index (χ1) is 13.6. The van der Waals surface area contributed by atoms with E-state index in [1.807, 2.05) is 24.3 Å². The molecule has 3 rings (SSSR count). The molecule has 0 saturated carbocycles. The average molecular weight is 384 g/mol. The number of fused-ring (bicyclic) bond motifs is 1. The van der Waals surface area contributed by atoms with E-state index in [9.17, 15) is 9.90 Å². The zero-order valence-electron chi connectivity index (χ0n) is 15.9. The molecule has 7 heteroatoms. The molecule has 0 aliphatic carbocycles. The van der Waals surface area contributed by atoms with Crippen molar-refractivity contribution in [2.75, 3.05) is 27.4 Å². The predicted octanol–water partition coefficient (Wildman–Crippen LogP) is 2.07. The first-order valence-electron chi connectivity index (χ1n) is 8.94. The van der Waals surface area contributed by atoms with Crippen molar-refractivity contribution in [1.82, 2.24) is 10.3 Å². The zero-order chi connectivity index (χ0) is 19.9. The van der Waals surface area contributed by atoms with Crippen molar-refractivity contribution < 1.29 is 19.3 Å². The van der Waals surface area contributed by atoms with E-state index >= 15 is 0 Å². The maximum atomic E-state index is 11.3. The Balaban J connectivity index is 1.47. The highest BCUT2D eigenvalue weighted by Gasteiger charge is 2.08.